The number of aliphatic hydroxyl groups is 1. The average Bonchev–Trinajstić information content (AvgIpc) is 3.36. The van der Waals surface area contributed by atoms with Crippen molar-refractivity contribution in [3.05, 3.63) is 35.6 Å². The Hall–Kier alpha value is -2.53. The lowest BCUT2D eigenvalue weighted by atomic mass is 9.84. The van der Waals surface area contributed by atoms with Crippen molar-refractivity contribution in [2.45, 2.75) is 89.7 Å². The molecule has 0 radical (unpaired) electrons. The van der Waals surface area contributed by atoms with Crippen LogP contribution in [0.4, 0.5) is 9.18 Å². The number of hydrogen-bond donors (Lipinski definition) is 4. The summed E-state index contributed by atoms with van der Waals surface area (Å²) in [5.74, 6) is -3.47. The van der Waals surface area contributed by atoms with Gasteiger partial charge in [0.25, 0.3) is 0 Å². The summed E-state index contributed by atoms with van der Waals surface area (Å²) in [6, 6.07) is 3.70. The van der Waals surface area contributed by atoms with Gasteiger partial charge in [0.15, 0.2) is 5.85 Å². The molecule has 2 aliphatic rings. The van der Waals surface area contributed by atoms with Crippen molar-refractivity contribution in [1.29, 1.82) is 0 Å². The van der Waals surface area contributed by atoms with Gasteiger partial charge >= 0.3 is 13.7 Å². The first-order chi connectivity index (χ1) is 19.7. The third-order valence-corrected chi connectivity index (χ3v) is 9.79. The molecule has 3 unspecified atom stereocenters. The van der Waals surface area contributed by atoms with Crippen LogP contribution in [0.25, 0.3) is 0 Å². The van der Waals surface area contributed by atoms with Crippen molar-refractivity contribution in [1.82, 2.24) is 16.0 Å². The van der Waals surface area contributed by atoms with Crippen molar-refractivity contribution in [2.24, 2.45) is 11.8 Å². The molecule has 1 heterocycles. The first-order valence-corrected chi connectivity index (χ1v) is 16.1. The number of amides is 3. The SMILES string of the molecule is CCOP(=O)(OCC)C(O)C(C[C@@H]1CCNC1=O)NC(=O)C(CC1CCCCC1)NC(=O)OCc1ccccc1F. The van der Waals surface area contributed by atoms with E-state index >= 15 is 0 Å². The van der Waals surface area contributed by atoms with Gasteiger partial charge in [0.1, 0.15) is 18.5 Å². The van der Waals surface area contributed by atoms with Crippen LogP contribution in [-0.4, -0.2) is 60.7 Å². The summed E-state index contributed by atoms with van der Waals surface area (Å²) in [5, 5.41) is 19.3. The summed E-state index contributed by atoms with van der Waals surface area (Å²) >= 11 is 0. The Balaban J connectivity index is 1.78. The second kappa shape index (κ2) is 16.2. The first kappa shape index (κ1) is 33.0. The zero-order valence-corrected chi connectivity index (χ0v) is 24.7. The fraction of sp³-hybridized carbons (Fsp3) is 0.679. The van der Waals surface area contributed by atoms with E-state index in [2.05, 4.69) is 16.0 Å². The van der Waals surface area contributed by atoms with Crippen molar-refractivity contribution < 1.29 is 42.2 Å². The molecule has 1 saturated heterocycles. The lowest BCUT2D eigenvalue weighted by molar-refractivity contribution is -0.126. The molecule has 0 aromatic heterocycles. The molecular formula is C28H43FN3O8P. The number of carbonyl (C=O) groups is 3. The molecule has 0 bridgehead atoms. The largest absolute Gasteiger partial charge is 0.445 e. The van der Waals surface area contributed by atoms with E-state index in [9.17, 15) is 28.4 Å². The highest BCUT2D eigenvalue weighted by atomic mass is 31.2. The molecule has 1 aliphatic heterocycles. The number of ether oxygens (including phenoxy) is 1. The quantitative estimate of drug-likeness (QED) is 0.221. The maximum absolute atomic E-state index is 14.0. The Morgan fingerprint density at radius 1 is 1.07 bits per heavy atom. The highest BCUT2D eigenvalue weighted by Crippen LogP contribution is 2.53. The van der Waals surface area contributed by atoms with Crippen LogP contribution in [0.2, 0.25) is 0 Å². The second-order valence-corrected chi connectivity index (χ2v) is 12.6. The van der Waals surface area contributed by atoms with Gasteiger partial charge in [-0.15, -0.1) is 0 Å². The van der Waals surface area contributed by atoms with Gasteiger partial charge in [-0.25, -0.2) is 9.18 Å². The third kappa shape index (κ3) is 9.77. The molecule has 41 heavy (non-hydrogen) atoms. The van der Waals surface area contributed by atoms with Crippen LogP contribution in [0.15, 0.2) is 24.3 Å². The van der Waals surface area contributed by atoms with Crippen LogP contribution in [0.3, 0.4) is 0 Å². The predicted molar refractivity (Wildman–Crippen MR) is 149 cm³/mol. The number of halogens is 1. The number of nitrogens with one attached hydrogen (secondary N) is 3. The molecule has 3 rings (SSSR count). The van der Waals surface area contributed by atoms with E-state index in [0.717, 1.165) is 32.1 Å². The molecule has 1 saturated carbocycles. The highest BCUT2D eigenvalue weighted by Gasteiger charge is 2.43. The van der Waals surface area contributed by atoms with Gasteiger partial charge in [-0.1, -0.05) is 50.3 Å². The number of benzene rings is 1. The normalized spacial score (nSPS) is 20.1. The molecule has 13 heteroatoms. The summed E-state index contributed by atoms with van der Waals surface area (Å²) in [6.45, 7) is 3.34. The second-order valence-electron chi connectivity index (χ2n) is 10.5. The van der Waals surface area contributed by atoms with Crippen LogP contribution >= 0.6 is 7.60 Å². The van der Waals surface area contributed by atoms with E-state index in [4.69, 9.17) is 13.8 Å². The maximum atomic E-state index is 14.0. The van der Waals surface area contributed by atoms with Gasteiger partial charge in [-0.05, 0) is 45.1 Å². The number of hydrogen-bond acceptors (Lipinski definition) is 8. The van der Waals surface area contributed by atoms with Crippen LogP contribution < -0.4 is 16.0 Å². The number of aliphatic hydroxyl groups excluding tert-OH is 1. The molecule has 11 nitrogen and oxygen atoms in total. The Labute approximate surface area is 240 Å². The minimum absolute atomic E-state index is 0.00136. The van der Waals surface area contributed by atoms with Crippen molar-refractivity contribution in [2.75, 3.05) is 19.8 Å². The Morgan fingerprint density at radius 2 is 1.76 bits per heavy atom. The summed E-state index contributed by atoms with van der Waals surface area (Å²) in [5.41, 5.74) is 0.191. The zero-order valence-electron chi connectivity index (χ0n) is 23.8. The molecule has 230 valence electrons. The van der Waals surface area contributed by atoms with E-state index in [1.165, 1.54) is 18.2 Å². The van der Waals surface area contributed by atoms with Gasteiger partial charge in [0.2, 0.25) is 11.8 Å². The van der Waals surface area contributed by atoms with E-state index in [1.54, 1.807) is 19.9 Å². The molecule has 2 fully saturated rings. The van der Waals surface area contributed by atoms with Gasteiger partial charge in [-0.3, -0.25) is 14.2 Å². The van der Waals surface area contributed by atoms with Crippen LogP contribution in [-0.2, 0) is 34.5 Å². The molecule has 0 spiro atoms. The lowest BCUT2D eigenvalue weighted by Gasteiger charge is -2.32. The molecule has 1 aromatic carbocycles. The van der Waals surface area contributed by atoms with E-state index in [-0.39, 0.29) is 43.6 Å². The van der Waals surface area contributed by atoms with Crippen molar-refractivity contribution in [3.63, 3.8) is 0 Å². The number of alkyl carbamates (subject to hydrolysis) is 1. The van der Waals surface area contributed by atoms with Crippen LogP contribution in [0.5, 0.6) is 0 Å². The van der Waals surface area contributed by atoms with Gasteiger partial charge in [0.05, 0.1) is 19.3 Å². The van der Waals surface area contributed by atoms with E-state index in [0.29, 0.717) is 19.4 Å². The summed E-state index contributed by atoms with van der Waals surface area (Å²) in [4.78, 5) is 38.7. The van der Waals surface area contributed by atoms with E-state index in [1.807, 2.05) is 0 Å². The fourth-order valence-corrected chi connectivity index (χ4v) is 7.15. The summed E-state index contributed by atoms with van der Waals surface area (Å²) < 4.78 is 43.3. The average molecular weight is 600 g/mol. The summed E-state index contributed by atoms with van der Waals surface area (Å²) in [6.07, 6.45) is 4.83. The maximum Gasteiger partial charge on any atom is 0.408 e. The third-order valence-electron chi connectivity index (χ3n) is 7.55. The Bertz CT molecular complexity index is 1060. The van der Waals surface area contributed by atoms with E-state index < -0.39 is 49.3 Å². The zero-order chi connectivity index (χ0) is 29.8. The summed E-state index contributed by atoms with van der Waals surface area (Å²) in [7, 11) is -4.08. The first-order valence-electron chi connectivity index (χ1n) is 14.5. The minimum atomic E-state index is -4.08. The topological polar surface area (TPSA) is 152 Å². The highest BCUT2D eigenvalue weighted by molar-refractivity contribution is 7.54. The number of rotatable bonds is 15. The van der Waals surface area contributed by atoms with Crippen molar-refractivity contribution in [3.8, 4) is 0 Å². The Morgan fingerprint density at radius 3 is 2.37 bits per heavy atom. The molecule has 1 aromatic rings. The lowest BCUT2D eigenvalue weighted by Crippen LogP contribution is -2.54. The molecule has 4 atom stereocenters. The number of carbonyl (C=O) groups excluding carboxylic acids is 3. The van der Waals surface area contributed by atoms with Crippen LogP contribution in [0.1, 0.15) is 70.8 Å². The smallest absolute Gasteiger partial charge is 0.408 e. The molecule has 3 amide bonds. The monoisotopic (exact) mass is 599 g/mol. The van der Waals surface area contributed by atoms with Gasteiger partial charge in [0, 0.05) is 18.0 Å². The molecule has 1 aliphatic carbocycles. The molecule has 4 N–H and O–H groups in total. The predicted octanol–water partition coefficient (Wildman–Crippen LogP) is 3.99. The molecular weight excluding hydrogens is 556 g/mol. The van der Waals surface area contributed by atoms with Gasteiger partial charge in [-0.2, -0.15) is 0 Å². The minimum Gasteiger partial charge on any atom is -0.445 e. The van der Waals surface area contributed by atoms with Gasteiger partial charge < -0.3 is 34.8 Å². The standard InChI is InChI=1S/C28H43FN3O8P/c1-3-39-41(37,40-4-2)27(35)24(17-20-14-15-30-25(20)33)31-26(34)23(16-19-10-6-5-7-11-19)32-28(36)38-18-21-12-8-9-13-22(21)29/h8-9,12-13,19-20,23-24,27,35H,3-7,10-11,14-18H2,1-2H3,(H,30,33)(H,31,34)(H,32,36)/t20-,23?,24?,27?/m0/s1. The van der Waals surface area contributed by atoms with Crippen LogP contribution in [0, 0.1) is 17.7 Å². The van der Waals surface area contributed by atoms with Crippen molar-refractivity contribution >= 4 is 25.5 Å². The fourth-order valence-electron chi connectivity index (χ4n) is 5.42. The Kier molecular flexibility index (Phi) is 13.0.